The minimum Gasteiger partial charge on any atom is -0.224 e. The van der Waals surface area contributed by atoms with Gasteiger partial charge in [0, 0.05) is 11.1 Å². The molecule has 1 rings (SSSR count). The Hall–Kier alpha value is -0.350. The van der Waals surface area contributed by atoms with Crippen molar-refractivity contribution in [2.24, 2.45) is 5.41 Å². The van der Waals surface area contributed by atoms with Gasteiger partial charge in [0.15, 0.2) is 9.84 Å². The normalized spacial score (nSPS) is 14.6. The first-order valence-electron chi connectivity index (χ1n) is 5.54. The Balaban J connectivity index is 2.83. The van der Waals surface area contributed by atoms with E-state index in [0.29, 0.717) is 9.72 Å². The van der Waals surface area contributed by atoms with Crippen molar-refractivity contribution in [3.05, 3.63) is 29.8 Å². The zero-order chi connectivity index (χ0) is 13.3. The van der Waals surface area contributed by atoms with Crippen molar-refractivity contribution in [1.29, 1.82) is 0 Å². The van der Waals surface area contributed by atoms with E-state index in [1.807, 2.05) is 12.1 Å². The molecule has 0 spiro atoms. The third kappa shape index (κ3) is 4.43. The first kappa shape index (κ1) is 14.7. The van der Waals surface area contributed by atoms with Crippen molar-refractivity contribution in [2.75, 3.05) is 6.26 Å². The van der Waals surface area contributed by atoms with Crippen LogP contribution in [0.15, 0.2) is 29.2 Å². The zero-order valence-electron chi connectivity index (χ0n) is 10.7. The second-order valence-corrected chi connectivity index (χ2v) is 8.57. The van der Waals surface area contributed by atoms with E-state index in [4.69, 9.17) is 0 Å². The van der Waals surface area contributed by atoms with Crippen molar-refractivity contribution in [2.45, 2.75) is 36.9 Å². The number of halogens is 1. The van der Waals surface area contributed by atoms with Crippen LogP contribution in [0.2, 0.25) is 0 Å². The standard InChI is InChI=1S/C13H19BrO2S/c1-13(2,3)12(14)9-10-5-7-11(8-6-10)17(4,15)16/h5-8,12H,9H2,1-4H3. The van der Waals surface area contributed by atoms with Gasteiger partial charge in [-0.15, -0.1) is 0 Å². The van der Waals surface area contributed by atoms with Gasteiger partial charge in [0.1, 0.15) is 0 Å². The molecule has 0 amide bonds. The Labute approximate surface area is 112 Å². The number of sulfone groups is 1. The Bertz CT molecular complexity index is 469. The van der Waals surface area contributed by atoms with Crippen LogP contribution < -0.4 is 0 Å². The third-order valence-electron chi connectivity index (χ3n) is 2.71. The summed E-state index contributed by atoms with van der Waals surface area (Å²) in [6, 6.07) is 7.12. The van der Waals surface area contributed by atoms with Crippen molar-refractivity contribution in [1.82, 2.24) is 0 Å². The number of hydrogen-bond donors (Lipinski definition) is 0. The maximum Gasteiger partial charge on any atom is 0.175 e. The van der Waals surface area contributed by atoms with Gasteiger partial charge in [-0.3, -0.25) is 0 Å². The summed E-state index contributed by atoms with van der Waals surface area (Å²) in [5.41, 5.74) is 1.34. The molecule has 2 nitrogen and oxygen atoms in total. The quantitative estimate of drug-likeness (QED) is 0.800. The van der Waals surface area contributed by atoms with Crippen molar-refractivity contribution in [3.63, 3.8) is 0 Å². The number of rotatable bonds is 3. The molecular formula is C13H19BrO2S. The highest BCUT2D eigenvalue weighted by atomic mass is 79.9. The maximum absolute atomic E-state index is 11.3. The average molecular weight is 319 g/mol. The monoisotopic (exact) mass is 318 g/mol. The fourth-order valence-corrected chi connectivity index (χ4v) is 2.39. The molecule has 0 saturated carbocycles. The smallest absolute Gasteiger partial charge is 0.175 e. The third-order valence-corrected chi connectivity index (χ3v) is 5.53. The molecule has 0 heterocycles. The van der Waals surface area contributed by atoms with Crippen LogP contribution in [0.25, 0.3) is 0 Å². The van der Waals surface area contributed by atoms with E-state index in [-0.39, 0.29) is 5.41 Å². The van der Waals surface area contributed by atoms with Gasteiger partial charge in [0.05, 0.1) is 4.90 Å². The van der Waals surface area contributed by atoms with Crippen molar-refractivity contribution in [3.8, 4) is 0 Å². The van der Waals surface area contributed by atoms with Crippen molar-refractivity contribution < 1.29 is 8.42 Å². The summed E-state index contributed by atoms with van der Waals surface area (Å²) >= 11 is 3.67. The van der Waals surface area contributed by atoms with Gasteiger partial charge in [-0.05, 0) is 29.5 Å². The fraction of sp³-hybridized carbons (Fsp3) is 0.538. The van der Waals surface area contributed by atoms with Gasteiger partial charge < -0.3 is 0 Å². The molecule has 0 aliphatic rings. The molecule has 0 saturated heterocycles. The molecule has 0 aromatic heterocycles. The van der Waals surface area contributed by atoms with Crippen LogP contribution in [0.3, 0.4) is 0 Å². The summed E-state index contributed by atoms with van der Waals surface area (Å²) in [5.74, 6) is 0. The van der Waals surface area contributed by atoms with E-state index in [9.17, 15) is 8.42 Å². The number of alkyl halides is 1. The summed E-state index contributed by atoms with van der Waals surface area (Å²) in [6.07, 6.45) is 2.12. The highest BCUT2D eigenvalue weighted by Gasteiger charge is 2.21. The molecule has 0 N–H and O–H groups in total. The zero-order valence-corrected chi connectivity index (χ0v) is 13.1. The van der Waals surface area contributed by atoms with E-state index >= 15 is 0 Å². The number of benzene rings is 1. The first-order chi connectivity index (χ1) is 7.60. The second-order valence-electron chi connectivity index (χ2n) is 5.45. The molecule has 1 unspecified atom stereocenters. The summed E-state index contributed by atoms with van der Waals surface area (Å²) in [5, 5.41) is 0. The van der Waals surface area contributed by atoms with Crippen LogP contribution >= 0.6 is 15.9 Å². The van der Waals surface area contributed by atoms with E-state index < -0.39 is 9.84 Å². The van der Waals surface area contributed by atoms with Gasteiger partial charge in [-0.25, -0.2) is 8.42 Å². The van der Waals surface area contributed by atoms with Gasteiger partial charge >= 0.3 is 0 Å². The highest BCUT2D eigenvalue weighted by molar-refractivity contribution is 9.09. The SMILES string of the molecule is CC(C)(C)C(Br)Cc1ccc(S(C)(=O)=O)cc1. The molecule has 0 fully saturated rings. The van der Waals surface area contributed by atoms with Crippen LogP contribution in [0, 0.1) is 5.41 Å². The van der Waals surface area contributed by atoms with Gasteiger partial charge in [0.25, 0.3) is 0 Å². The van der Waals surface area contributed by atoms with Crippen molar-refractivity contribution >= 4 is 25.8 Å². The minimum absolute atomic E-state index is 0.190. The Kier molecular flexibility index (Phi) is 4.42. The van der Waals surface area contributed by atoms with E-state index in [1.165, 1.54) is 6.26 Å². The van der Waals surface area contributed by atoms with E-state index in [2.05, 4.69) is 36.7 Å². The molecule has 1 atom stereocenters. The summed E-state index contributed by atoms with van der Waals surface area (Å²) in [6.45, 7) is 6.53. The molecule has 1 aromatic rings. The second kappa shape index (κ2) is 5.11. The number of hydrogen-bond acceptors (Lipinski definition) is 2. The minimum atomic E-state index is -3.09. The molecule has 96 valence electrons. The summed E-state index contributed by atoms with van der Waals surface area (Å²) < 4.78 is 22.6. The van der Waals surface area contributed by atoms with Crippen LogP contribution in [-0.2, 0) is 16.3 Å². The van der Waals surface area contributed by atoms with Crippen LogP contribution in [0.1, 0.15) is 26.3 Å². The lowest BCUT2D eigenvalue weighted by atomic mass is 9.88. The first-order valence-corrected chi connectivity index (χ1v) is 8.34. The van der Waals surface area contributed by atoms with Crippen LogP contribution in [-0.4, -0.2) is 19.5 Å². The lowest BCUT2D eigenvalue weighted by Gasteiger charge is -2.25. The fourth-order valence-electron chi connectivity index (χ4n) is 1.39. The molecule has 0 aliphatic heterocycles. The molecule has 17 heavy (non-hydrogen) atoms. The predicted octanol–water partition coefficient (Wildman–Crippen LogP) is 3.44. The highest BCUT2D eigenvalue weighted by Crippen LogP contribution is 2.29. The molecule has 4 heteroatoms. The molecule has 0 bridgehead atoms. The molecule has 1 aromatic carbocycles. The van der Waals surface area contributed by atoms with Crippen LogP contribution in [0.4, 0.5) is 0 Å². The molecular weight excluding hydrogens is 300 g/mol. The van der Waals surface area contributed by atoms with Gasteiger partial charge in [-0.2, -0.15) is 0 Å². The van der Waals surface area contributed by atoms with Gasteiger partial charge in [-0.1, -0.05) is 48.8 Å². The van der Waals surface area contributed by atoms with E-state index in [1.54, 1.807) is 12.1 Å². The lowest BCUT2D eigenvalue weighted by molar-refractivity contribution is 0.398. The Morgan fingerprint density at radius 1 is 1.18 bits per heavy atom. The van der Waals surface area contributed by atoms with Gasteiger partial charge in [0.2, 0.25) is 0 Å². The summed E-state index contributed by atoms with van der Waals surface area (Å²) in [4.78, 5) is 0.752. The average Bonchev–Trinajstić information content (AvgIpc) is 2.15. The summed E-state index contributed by atoms with van der Waals surface area (Å²) in [7, 11) is -3.09. The molecule has 0 aliphatic carbocycles. The molecule has 0 radical (unpaired) electrons. The Morgan fingerprint density at radius 3 is 2.00 bits per heavy atom. The largest absolute Gasteiger partial charge is 0.224 e. The predicted molar refractivity (Wildman–Crippen MR) is 75.4 cm³/mol. The topological polar surface area (TPSA) is 34.1 Å². The maximum atomic E-state index is 11.3. The van der Waals surface area contributed by atoms with E-state index in [0.717, 1.165) is 12.0 Å². The Morgan fingerprint density at radius 2 is 1.65 bits per heavy atom. The van der Waals surface area contributed by atoms with Crippen LogP contribution in [0.5, 0.6) is 0 Å². The lowest BCUT2D eigenvalue weighted by Crippen LogP contribution is -2.22.